The second kappa shape index (κ2) is 10.2. The number of benzene rings is 2. The normalized spacial score (nSPS) is 19.3. The molecule has 2 aromatic carbocycles. The summed E-state index contributed by atoms with van der Waals surface area (Å²) in [5.41, 5.74) is 1.24. The summed E-state index contributed by atoms with van der Waals surface area (Å²) in [5.74, 6) is -1.65. The van der Waals surface area contributed by atoms with Gasteiger partial charge in [0, 0.05) is 38.3 Å². The standard InChI is InChI=1S/C25H29F2N3O2/c26-21-11-5-10-20(24(21)27)17-29-13-12-28-25(32)22(29)14-23(31)30(16-19-8-4-9-19)15-18-6-2-1-3-7-18/h1-3,5-7,10-11,19,22H,4,8-9,12-17H2,(H,28,32)/t22-/m1/s1. The lowest BCUT2D eigenvalue weighted by atomic mass is 9.85. The van der Waals surface area contributed by atoms with Crippen molar-refractivity contribution in [2.24, 2.45) is 5.92 Å². The molecule has 5 nitrogen and oxygen atoms in total. The maximum atomic E-state index is 14.2. The lowest BCUT2D eigenvalue weighted by Crippen LogP contribution is -2.56. The van der Waals surface area contributed by atoms with Crippen molar-refractivity contribution in [1.29, 1.82) is 0 Å². The highest BCUT2D eigenvalue weighted by molar-refractivity contribution is 5.88. The van der Waals surface area contributed by atoms with Gasteiger partial charge in [-0.3, -0.25) is 14.5 Å². The fourth-order valence-electron chi connectivity index (χ4n) is 4.40. The van der Waals surface area contributed by atoms with Crippen LogP contribution >= 0.6 is 0 Å². The van der Waals surface area contributed by atoms with E-state index >= 15 is 0 Å². The summed E-state index contributed by atoms with van der Waals surface area (Å²) >= 11 is 0. The van der Waals surface area contributed by atoms with E-state index in [-0.39, 0.29) is 30.3 Å². The Balaban J connectivity index is 1.48. The summed E-state index contributed by atoms with van der Waals surface area (Å²) in [6.45, 7) is 2.15. The molecule has 0 unspecified atom stereocenters. The fourth-order valence-corrected chi connectivity index (χ4v) is 4.40. The average molecular weight is 442 g/mol. The van der Waals surface area contributed by atoms with Crippen LogP contribution in [0, 0.1) is 17.6 Å². The number of nitrogens with zero attached hydrogens (tertiary/aromatic N) is 2. The van der Waals surface area contributed by atoms with Crippen molar-refractivity contribution in [1.82, 2.24) is 15.1 Å². The van der Waals surface area contributed by atoms with Crippen LogP contribution in [0.5, 0.6) is 0 Å². The zero-order valence-corrected chi connectivity index (χ0v) is 18.1. The van der Waals surface area contributed by atoms with Crippen molar-refractivity contribution >= 4 is 11.8 Å². The Hall–Kier alpha value is -2.80. The zero-order valence-electron chi connectivity index (χ0n) is 18.1. The first-order chi connectivity index (χ1) is 15.5. The van der Waals surface area contributed by atoms with Gasteiger partial charge in [0.25, 0.3) is 0 Å². The third-order valence-corrected chi connectivity index (χ3v) is 6.49. The van der Waals surface area contributed by atoms with Gasteiger partial charge in [-0.1, -0.05) is 48.9 Å². The van der Waals surface area contributed by atoms with Gasteiger partial charge in [-0.05, 0) is 30.4 Å². The predicted molar refractivity (Wildman–Crippen MR) is 117 cm³/mol. The molecule has 170 valence electrons. The van der Waals surface area contributed by atoms with E-state index in [1.165, 1.54) is 18.6 Å². The number of hydrogen-bond acceptors (Lipinski definition) is 3. The molecule has 4 rings (SSSR count). The van der Waals surface area contributed by atoms with Crippen LogP contribution in [0.1, 0.15) is 36.8 Å². The highest BCUT2D eigenvalue weighted by atomic mass is 19.2. The van der Waals surface area contributed by atoms with Gasteiger partial charge in [0.15, 0.2) is 11.6 Å². The molecule has 2 fully saturated rings. The lowest BCUT2D eigenvalue weighted by molar-refractivity contribution is -0.140. The number of amides is 2. The van der Waals surface area contributed by atoms with Crippen LogP contribution in [0.3, 0.4) is 0 Å². The quantitative estimate of drug-likeness (QED) is 0.683. The third kappa shape index (κ3) is 5.33. The Morgan fingerprint density at radius 3 is 2.59 bits per heavy atom. The smallest absolute Gasteiger partial charge is 0.237 e. The number of rotatable bonds is 8. The molecule has 32 heavy (non-hydrogen) atoms. The van der Waals surface area contributed by atoms with Crippen molar-refractivity contribution in [2.75, 3.05) is 19.6 Å². The number of carbonyl (C=O) groups excluding carboxylic acids is 2. The minimum absolute atomic E-state index is 0.0162. The van der Waals surface area contributed by atoms with Gasteiger partial charge in [-0.15, -0.1) is 0 Å². The molecular formula is C25H29F2N3O2. The molecular weight excluding hydrogens is 412 g/mol. The first-order valence-corrected chi connectivity index (χ1v) is 11.3. The van der Waals surface area contributed by atoms with Gasteiger partial charge in [-0.25, -0.2) is 8.78 Å². The summed E-state index contributed by atoms with van der Waals surface area (Å²) in [5, 5.41) is 2.81. The van der Waals surface area contributed by atoms with Crippen molar-refractivity contribution in [3.63, 3.8) is 0 Å². The van der Waals surface area contributed by atoms with Crippen molar-refractivity contribution < 1.29 is 18.4 Å². The highest BCUT2D eigenvalue weighted by Crippen LogP contribution is 2.28. The van der Waals surface area contributed by atoms with E-state index in [1.807, 2.05) is 35.2 Å². The number of carbonyl (C=O) groups is 2. The largest absolute Gasteiger partial charge is 0.353 e. The summed E-state index contributed by atoms with van der Waals surface area (Å²) in [6.07, 6.45) is 3.44. The van der Waals surface area contributed by atoms with Crippen molar-refractivity contribution in [3.05, 3.63) is 71.3 Å². The summed E-state index contributed by atoms with van der Waals surface area (Å²) < 4.78 is 27.9. The highest BCUT2D eigenvalue weighted by Gasteiger charge is 2.34. The number of nitrogens with one attached hydrogen (secondary N) is 1. The number of hydrogen-bond donors (Lipinski definition) is 1. The van der Waals surface area contributed by atoms with Crippen LogP contribution in [-0.4, -0.2) is 47.3 Å². The Morgan fingerprint density at radius 2 is 1.88 bits per heavy atom. The molecule has 1 saturated carbocycles. The second-order valence-corrected chi connectivity index (χ2v) is 8.75. The van der Waals surface area contributed by atoms with Gasteiger partial charge in [-0.2, -0.15) is 0 Å². The summed E-state index contributed by atoms with van der Waals surface area (Å²) in [6, 6.07) is 13.2. The van der Waals surface area contributed by atoms with Gasteiger partial charge in [0.1, 0.15) is 0 Å². The Bertz CT molecular complexity index is 949. The third-order valence-electron chi connectivity index (χ3n) is 6.49. The van der Waals surface area contributed by atoms with E-state index in [0.717, 1.165) is 24.5 Å². The number of piperazine rings is 1. The maximum Gasteiger partial charge on any atom is 0.237 e. The SMILES string of the molecule is O=C1NCCN(Cc2cccc(F)c2F)[C@@H]1CC(=O)N(Cc1ccccc1)CC1CCC1. The van der Waals surface area contributed by atoms with E-state index < -0.39 is 17.7 Å². The van der Waals surface area contributed by atoms with Gasteiger partial charge >= 0.3 is 0 Å². The van der Waals surface area contributed by atoms with E-state index in [4.69, 9.17) is 0 Å². The molecule has 1 aliphatic heterocycles. The van der Waals surface area contributed by atoms with Crippen LogP contribution in [0.2, 0.25) is 0 Å². The Labute approximate surface area is 187 Å². The molecule has 0 radical (unpaired) electrons. The predicted octanol–water partition coefficient (Wildman–Crippen LogP) is 3.48. The molecule has 7 heteroatoms. The van der Waals surface area contributed by atoms with Crippen molar-refractivity contribution in [3.8, 4) is 0 Å². The lowest BCUT2D eigenvalue weighted by Gasteiger charge is -2.37. The first kappa shape index (κ1) is 22.4. The summed E-state index contributed by atoms with van der Waals surface area (Å²) in [4.78, 5) is 29.6. The van der Waals surface area contributed by atoms with Gasteiger partial charge < -0.3 is 10.2 Å². The van der Waals surface area contributed by atoms with Crippen LogP contribution < -0.4 is 5.32 Å². The molecule has 1 saturated heterocycles. The molecule has 0 spiro atoms. The Kier molecular flexibility index (Phi) is 7.15. The molecule has 1 aliphatic carbocycles. The van der Waals surface area contributed by atoms with E-state index in [0.29, 0.717) is 32.1 Å². The molecule has 2 aromatic rings. The number of halogens is 2. The zero-order chi connectivity index (χ0) is 22.5. The molecule has 1 atom stereocenters. The topological polar surface area (TPSA) is 52.7 Å². The summed E-state index contributed by atoms with van der Waals surface area (Å²) in [7, 11) is 0. The van der Waals surface area contributed by atoms with Gasteiger partial charge in [0.2, 0.25) is 11.8 Å². The second-order valence-electron chi connectivity index (χ2n) is 8.75. The minimum atomic E-state index is -0.911. The molecule has 0 bridgehead atoms. The van der Waals surface area contributed by atoms with Crippen LogP contribution in [0.15, 0.2) is 48.5 Å². The van der Waals surface area contributed by atoms with Crippen molar-refractivity contribution in [2.45, 2.75) is 44.8 Å². The molecule has 1 N–H and O–H groups in total. The molecule has 0 aromatic heterocycles. The van der Waals surface area contributed by atoms with E-state index in [9.17, 15) is 18.4 Å². The van der Waals surface area contributed by atoms with Gasteiger partial charge in [0.05, 0.1) is 12.5 Å². The maximum absolute atomic E-state index is 14.2. The Morgan fingerprint density at radius 1 is 1.09 bits per heavy atom. The van der Waals surface area contributed by atoms with Crippen LogP contribution in [0.4, 0.5) is 8.78 Å². The first-order valence-electron chi connectivity index (χ1n) is 11.3. The minimum Gasteiger partial charge on any atom is -0.353 e. The average Bonchev–Trinajstić information content (AvgIpc) is 2.76. The molecule has 1 heterocycles. The van der Waals surface area contributed by atoms with Crippen LogP contribution in [0.25, 0.3) is 0 Å². The molecule has 2 aliphatic rings. The van der Waals surface area contributed by atoms with E-state index in [1.54, 1.807) is 4.90 Å². The fraction of sp³-hybridized carbons (Fsp3) is 0.440. The van der Waals surface area contributed by atoms with E-state index in [2.05, 4.69) is 5.32 Å². The molecule has 2 amide bonds. The monoisotopic (exact) mass is 441 g/mol. The van der Waals surface area contributed by atoms with Crippen LogP contribution in [-0.2, 0) is 22.7 Å².